The molecule has 1 aromatic heterocycles. The summed E-state index contributed by atoms with van der Waals surface area (Å²) in [6, 6.07) is 5.97. The fourth-order valence-electron chi connectivity index (χ4n) is 3.51. The lowest BCUT2D eigenvalue weighted by molar-refractivity contribution is 0.0459. The monoisotopic (exact) mass is 425 g/mol. The van der Waals surface area contributed by atoms with Crippen LogP contribution in [0.3, 0.4) is 0 Å². The van der Waals surface area contributed by atoms with E-state index < -0.39 is 16.0 Å². The van der Waals surface area contributed by atoms with Crippen molar-refractivity contribution in [3.63, 3.8) is 0 Å². The van der Waals surface area contributed by atoms with Crippen LogP contribution in [-0.2, 0) is 28.4 Å². The summed E-state index contributed by atoms with van der Waals surface area (Å²) in [5, 5.41) is 0.434. The third-order valence-electron chi connectivity index (χ3n) is 4.90. The van der Waals surface area contributed by atoms with Crippen molar-refractivity contribution < 1.29 is 17.9 Å². The Morgan fingerprint density at radius 1 is 1.29 bits per heavy atom. The molecule has 9 heteroatoms. The number of nitrogens with zero attached hydrogens (tertiary/aromatic N) is 3. The number of imidazole rings is 1. The van der Waals surface area contributed by atoms with Gasteiger partial charge in [-0.25, -0.2) is 18.2 Å². The molecule has 0 saturated carbocycles. The van der Waals surface area contributed by atoms with Crippen LogP contribution in [0.4, 0.5) is 0 Å². The van der Waals surface area contributed by atoms with Gasteiger partial charge >= 0.3 is 5.97 Å². The van der Waals surface area contributed by atoms with Gasteiger partial charge in [0.05, 0.1) is 16.7 Å². The number of ether oxygens (including phenoxy) is 1. The third-order valence-corrected chi connectivity index (χ3v) is 7.08. The van der Waals surface area contributed by atoms with Crippen molar-refractivity contribution in [2.45, 2.75) is 31.8 Å². The van der Waals surface area contributed by atoms with Gasteiger partial charge in [0.25, 0.3) is 0 Å². The molecule has 2 unspecified atom stereocenters. The fourth-order valence-corrected chi connectivity index (χ4v) is 5.38. The van der Waals surface area contributed by atoms with Crippen molar-refractivity contribution in [3.05, 3.63) is 47.0 Å². The lowest BCUT2D eigenvalue weighted by Gasteiger charge is -2.34. The number of sulfonamides is 1. The van der Waals surface area contributed by atoms with Crippen LogP contribution in [0.2, 0.25) is 5.15 Å². The van der Waals surface area contributed by atoms with Gasteiger partial charge in [-0.1, -0.05) is 31.5 Å². The molecule has 7 nitrogen and oxygen atoms in total. The number of carbonyl (C=O) groups is 1. The van der Waals surface area contributed by atoms with Gasteiger partial charge in [-0.15, -0.1) is 0 Å². The van der Waals surface area contributed by atoms with Gasteiger partial charge < -0.3 is 9.30 Å². The first-order chi connectivity index (χ1) is 13.2. The van der Waals surface area contributed by atoms with E-state index in [-0.39, 0.29) is 17.1 Å². The molecule has 0 aliphatic carbocycles. The number of hydrogen-bond donors (Lipinski definition) is 0. The Morgan fingerprint density at radius 3 is 2.57 bits per heavy atom. The Labute approximate surface area is 170 Å². The topological polar surface area (TPSA) is 81.5 Å². The van der Waals surface area contributed by atoms with Gasteiger partial charge in [-0.2, -0.15) is 4.31 Å². The Kier molecular flexibility index (Phi) is 6.12. The van der Waals surface area contributed by atoms with E-state index >= 15 is 0 Å². The highest BCUT2D eigenvalue weighted by atomic mass is 35.5. The number of piperidine rings is 1. The lowest BCUT2D eigenvalue weighted by Crippen LogP contribution is -2.42. The van der Waals surface area contributed by atoms with Crippen LogP contribution >= 0.6 is 11.6 Å². The minimum absolute atomic E-state index is 0.0554. The maximum absolute atomic E-state index is 13.0. The molecular weight excluding hydrogens is 402 g/mol. The molecule has 1 saturated heterocycles. The summed E-state index contributed by atoms with van der Waals surface area (Å²) in [6.07, 6.45) is 2.48. The van der Waals surface area contributed by atoms with Crippen molar-refractivity contribution in [3.8, 4) is 0 Å². The fraction of sp³-hybridized carbons (Fsp3) is 0.474. The first kappa shape index (κ1) is 20.8. The Morgan fingerprint density at radius 2 is 1.96 bits per heavy atom. The van der Waals surface area contributed by atoms with E-state index in [4.69, 9.17) is 16.3 Å². The van der Waals surface area contributed by atoms with Crippen LogP contribution in [0, 0.1) is 11.8 Å². The van der Waals surface area contributed by atoms with Crippen molar-refractivity contribution in [2.75, 3.05) is 13.1 Å². The second kappa shape index (κ2) is 8.23. The predicted octanol–water partition coefficient (Wildman–Crippen LogP) is 3.10. The van der Waals surface area contributed by atoms with Gasteiger partial charge in [0, 0.05) is 20.1 Å². The summed E-state index contributed by atoms with van der Waals surface area (Å²) in [4.78, 5) is 16.6. The summed E-state index contributed by atoms with van der Waals surface area (Å²) < 4.78 is 34.4. The maximum Gasteiger partial charge on any atom is 0.338 e. The van der Waals surface area contributed by atoms with E-state index in [1.807, 2.05) is 0 Å². The zero-order valence-corrected chi connectivity index (χ0v) is 17.7. The first-order valence-electron chi connectivity index (χ1n) is 9.12. The normalized spacial score (nSPS) is 20.9. The largest absolute Gasteiger partial charge is 0.454 e. The summed E-state index contributed by atoms with van der Waals surface area (Å²) >= 11 is 5.92. The van der Waals surface area contributed by atoms with Gasteiger partial charge in [-0.3, -0.25) is 0 Å². The van der Waals surface area contributed by atoms with E-state index in [1.165, 1.54) is 28.7 Å². The average Bonchev–Trinajstić information content (AvgIpc) is 2.97. The quantitative estimate of drug-likeness (QED) is 0.687. The van der Waals surface area contributed by atoms with Crippen LogP contribution in [0.25, 0.3) is 0 Å². The molecule has 2 aromatic rings. The number of benzene rings is 1. The molecule has 0 spiro atoms. The number of hydrogen-bond acceptors (Lipinski definition) is 5. The Balaban J connectivity index is 1.75. The minimum atomic E-state index is -3.66. The van der Waals surface area contributed by atoms with Crippen molar-refractivity contribution in [1.82, 2.24) is 13.9 Å². The van der Waals surface area contributed by atoms with Crippen LogP contribution in [0.15, 0.2) is 35.4 Å². The lowest BCUT2D eigenvalue weighted by atomic mass is 9.94. The first-order valence-corrected chi connectivity index (χ1v) is 10.9. The standard InChI is InChI=1S/C19H24ClN3O4S/c1-13-7-14(2)11-23(10-13)28(25,26)16-6-4-5-15(8-16)19(24)27-12-18-21-9-17(20)22(18)3/h4-6,8-9,13-14H,7,10-12H2,1-3H3. The van der Waals surface area contributed by atoms with E-state index in [2.05, 4.69) is 18.8 Å². The summed E-state index contributed by atoms with van der Waals surface area (Å²) in [7, 11) is -1.95. The van der Waals surface area contributed by atoms with E-state index in [9.17, 15) is 13.2 Å². The smallest absolute Gasteiger partial charge is 0.338 e. The van der Waals surface area contributed by atoms with Crippen molar-refractivity contribution >= 4 is 27.6 Å². The molecule has 1 aliphatic heterocycles. The van der Waals surface area contributed by atoms with Gasteiger partial charge in [0.1, 0.15) is 17.6 Å². The highest BCUT2D eigenvalue weighted by molar-refractivity contribution is 7.89. The number of carbonyl (C=O) groups excluding carboxylic acids is 1. The predicted molar refractivity (Wildman–Crippen MR) is 105 cm³/mol. The minimum Gasteiger partial charge on any atom is -0.454 e. The molecule has 152 valence electrons. The van der Waals surface area contributed by atoms with E-state index in [0.717, 1.165) is 6.42 Å². The third kappa shape index (κ3) is 4.39. The number of rotatable bonds is 5. The number of halogens is 1. The average molecular weight is 426 g/mol. The maximum atomic E-state index is 13.0. The zero-order valence-electron chi connectivity index (χ0n) is 16.1. The van der Waals surface area contributed by atoms with Crippen LogP contribution < -0.4 is 0 Å². The Bertz CT molecular complexity index is 963. The zero-order chi connectivity index (χ0) is 20.5. The highest BCUT2D eigenvalue weighted by Crippen LogP contribution is 2.27. The van der Waals surface area contributed by atoms with Crippen molar-refractivity contribution in [2.24, 2.45) is 18.9 Å². The molecule has 1 aromatic carbocycles. The van der Waals surface area contributed by atoms with E-state index in [0.29, 0.717) is 35.9 Å². The van der Waals surface area contributed by atoms with Crippen LogP contribution in [0.1, 0.15) is 36.5 Å². The Hall–Kier alpha value is -1.90. The molecule has 2 heterocycles. The second-order valence-corrected chi connectivity index (χ2v) is 9.75. The highest BCUT2D eigenvalue weighted by Gasteiger charge is 2.32. The van der Waals surface area contributed by atoms with E-state index in [1.54, 1.807) is 17.7 Å². The molecule has 1 aliphatic rings. The summed E-state index contributed by atoms with van der Waals surface area (Å²) in [6.45, 7) is 5.02. The summed E-state index contributed by atoms with van der Waals surface area (Å²) in [5.74, 6) is 0.488. The molecule has 2 atom stereocenters. The molecule has 3 rings (SSSR count). The van der Waals surface area contributed by atoms with Crippen molar-refractivity contribution in [1.29, 1.82) is 0 Å². The van der Waals surface area contributed by atoms with Crippen LogP contribution in [-0.4, -0.2) is 41.3 Å². The molecule has 0 amide bonds. The van der Waals surface area contributed by atoms with Crippen LogP contribution in [0.5, 0.6) is 0 Å². The van der Waals surface area contributed by atoms with Gasteiger partial charge in [0.2, 0.25) is 10.0 Å². The molecule has 1 fully saturated rings. The summed E-state index contributed by atoms with van der Waals surface area (Å²) in [5.41, 5.74) is 0.180. The molecule has 0 N–H and O–H groups in total. The SMILES string of the molecule is CC1CC(C)CN(S(=O)(=O)c2cccc(C(=O)OCc3ncc(Cl)n3C)c2)C1. The number of esters is 1. The van der Waals surface area contributed by atoms with Gasteiger partial charge in [-0.05, 0) is 36.5 Å². The van der Waals surface area contributed by atoms with Gasteiger partial charge in [0.15, 0.2) is 0 Å². The molecule has 0 radical (unpaired) electrons. The second-order valence-electron chi connectivity index (χ2n) is 7.43. The number of aromatic nitrogens is 2. The molecule has 28 heavy (non-hydrogen) atoms. The molecular formula is C19H24ClN3O4S. The molecule has 0 bridgehead atoms.